The largest absolute Gasteiger partial charge is 0.491 e. The van der Waals surface area contributed by atoms with Gasteiger partial charge in [-0.1, -0.05) is 25.0 Å². The van der Waals surface area contributed by atoms with Crippen LogP contribution in [0, 0.1) is 5.41 Å². The van der Waals surface area contributed by atoms with Gasteiger partial charge in [-0.05, 0) is 31.9 Å². The molecule has 1 spiro atoms. The molecule has 25 heavy (non-hydrogen) atoms. The van der Waals surface area contributed by atoms with E-state index in [1.54, 1.807) is 24.3 Å². The van der Waals surface area contributed by atoms with E-state index in [-0.39, 0.29) is 37.2 Å². The normalized spacial score (nSPS) is 20.3. The lowest BCUT2D eigenvalue weighted by molar-refractivity contribution is -0.143. The number of ether oxygens (including phenoxy) is 1. The van der Waals surface area contributed by atoms with Crippen LogP contribution in [0.5, 0.6) is 5.75 Å². The number of hydrogen-bond acceptors (Lipinski definition) is 5. The Kier molecular flexibility index (Phi) is 4.90. The van der Waals surface area contributed by atoms with Crippen molar-refractivity contribution >= 4 is 17.6 Å². The summed E-state index contributed by atoms with van der Waals surface area (Å²) in [7, 11) is 0. The number of ketones is 1. The molecule has 1 saturated heterocycles. The fourth-order valence-corrected chi connectivity index (χ4v) is 3.75. The minimum absolute atomic E-state index is 0.0498. The fourth-order valence-electron chi connectivity index (χ4n) is 3.75. The van der Waals surface area contributed by atoms with Gasteiger partial charge in [0.15, 0.2) is 5.78 Å². The average Bonchev–Trinajstić information content (AvgIpc) is 3.14. The summed E-state index contributed by atoms with van der Waals surface area (Å²) in [5.41, 5.74) is 0.00748. The highest BCUT2D eigenvalue weighted by molar-refractivity contribution is 6.06. The van der Waals surface area contributed by atoms with Crippen molar-refractivity contribution in [1.82, 2.24) is 4.90 Å². The van der Waals surface area contributed by atoms with Gasteiger partial charge in [0, 0.05) is 12.0 Å². The second-order valence-corrected chi connectivity index (χ2v) is 7.02. The van der Waals surface area contributed by atoms with Crippen LogP contribution in [0.2, 0.25) is 0 Å². The zero-order chi connectivity index (χ0) is 18.0. The summed E-state index contributed by atoms with van der Waals surface area (Å²) >= 11 is 0. The van der Waals surface area contributed by atoms with Crippen LogP contribution in [0.4, 0.5) is 0 Å². The summed E-state index contributed by atoms with van der Waals surface area (Å²) in [6.07, 6.45) is 2.78. The standard InChI is InChI=1S/C19H23NO5/c1-13(21)14-5-4-6-16(9-14)25-12-15(22)11-20-17(23)10-19(18(20)24)7-2-3-8-19/h4-6,9,15,22H,2-3,7-8,10-12H2,1H3. The van der Waals surface area contributed by atoms with Crippen LogP contribution in [-0.2, 0) is 9.59 Å². The summed E-state index contributed by atoms with van der Waals surface area (Å²) in [5.74, 6) is 0.0522. The van der Waals surface area contributed by atoms with Crippen LogP contribution in [0.25, 0.3) is 0 Å². The Bertz CT molecular complexity index is 693. The van der Waals surface area contributed by atoms with Gasteiger partial charge in [0.05, 0.1) is 12.0 Å². The lowest BCUT2D eigenvalue weighted by Gasteiger charge is -2.23. The Morgan fingerprint density at radius 1 is 1.32 bits per heavy atom. The highest BCUT2D eigenvalue weighted by Crippen LogP contribution is 2.46. The summed E-state index contributed by atoms with van der Waals surface area (Å²) in [4.78, 5) is 37.3. The van der Waals surface area contributed by atoms with Gasteiger partial charge in [0.2, 0.25) is 11.8 Å². The number of β-amino-alcohol motifs (C(OH)–C–C–N with tert-alkyl or cyclic N) is 1. The van der Waals surface area contributed by atoms with Crippen molar-refractivity contribution in [3.05, 3.63) is 29.8 Å². The molecule has 1 N–H and O–H groups in total. The van der Waals surface area contributed by atoms with Crippen LogP contribution in [0.1, 0.15) is 49.4 Å². The predicted octanol–water partition coefficient (Wildman–Crippen LogP) is 1.95. The molecule has 3 rings (SSSR count). The molecule has 1 saturated carbocycles. The van der Waals surface area contributed by atoms with Gasteiger partial charge in [-0.2, -0.15) is 0 Å². The van der Waals surface area contributed by atoms with E-state index in [1.165, 1.54) is 11.8 Å². The number of carbonyl (C=O) groups excluding carboxylic acids is 3. The summed E-state index contributed by atoms with van der Waals surface area (Å²) in [6, 6.07) is 6.69. The van der Waals surface area contributed by atoms with Crippen molar-refractivity contribution in [2.45, 2.75) is 45.1 Å². The third-order valence-corrected chi connectivity index (χ3v) is 5.13. The molecule has 1 heterocycles. The number of amides is 2. The number of hydrogen-bond donors (Lipinski definition) is 1. The summed E-state index contributed by atoms with van der Waals surface area (Å²) in [5, 5.41) is 10.2. The summed E-state index contributed by atoms with van der Waals surface area (Å²) in [6.45, 7) is 1.37. The Labute approximate surface area is 146 Å². The van der Waals surface area contributed by atoms with Crippen LogP contribution in [-0.4, -0.2) is 46.9 Å². The van der Waals surface area contributed by atoms with Crippen molar-refractivity contribution in [1.29, 1.82) is 0 Å². The molecule has 2 amide bonds. The van der Waals surface area contributed by atoms with Crippen molar-refractivity contribution in [2.75, 3.05) is 13.2 Å². The van der Waals surface area contributed by atoms with Gasteiger partial charge in [-0.25, -0.2) is 0 Å². The molecule has 1 aliphatic heterocycles. The molecule has 1 aromatic rings. The van der Waals surface area contributed by atoms with Gasteiger partial charge in [0.25, 0.3) is 0 Å². The van der Waals surface area contributed by atoms with E-state index in [4.69, 9.17) is 4.74 Å². The molecule has 2 fully saturated rings. The third-order valence-electron chi connectivity index (χ3n) is 5.13. The number of aliphatic hydroxyl groups is 1. The van der Waals surface area contributed by atoms with Crippen LogP contribution >= 0.6 is 0 Å². The molecule has 6 heteroatoms. The molecule has 1 unspecified atom stereocenters. The molecule has 0 bridgehead atoms. The van der Waals surface area contributed by atoms with Gasteiger partial charge < -0.3 is 9.84 Å². The molecule has 2 aliphatic rings. The van der Waals surface area contributed by atoms with E-state index in [0.29, 0.717) is 11.3 Å². The fraction of sp³-hybridized carbons (Fsp3) is 0.526. The SMILES string of the molecule is CC(=O)c1cccc(OCC(O)CN2C(=O)CC3(CCCC3)C2=O)c1. The highest BCUT2D eigenvalue weighted by Gasteiger charge is 2.52. The van der Waals surface area contributed by atoms with E-state index in [1.807, 2.05) is 0 Å². The average molecular weight is 345 g/mol. The number of benzene rings is 1. The van der Waals surface area contributed by atoms with E-state index in [9.17, 15) is 19.5 Å². The Morgan fingerprint density at radius 3 is 2.72 bits per heavy atom. The molecule has 6 nitrogen and oxygen atoms in total. The predicted molar refractivity (Wildman–Crippen MR) is 90.2 cm³/mol. The topological polar surface area (TPSA) is 83.9 Å². The number of rotatable bonds is 6. The number of carbonyl (C=O) groups is 3. The maximum Gasteiger partial charge on any atom is 0.235 e. The van der Waals surface area contributed by atoms with Crippen LogP contribution in [0.3, 0.4) is 0 Å². The van der Waals surface area contributed by atoms with E-state index < -0.39 is 11.5 Å². The Morgan fingerprint density at radius 2 is 2.04 bits per heavy atom. The lowest BCUT2D eigenvalue weighted by atomic mass is 9.84. The quantitative estimate of drug-likeness (QED) is 0.629. The second kappa shape index (κ2) is 6.96. The molecule has 0 radical (unpaired) electrons. The highest BCUT2D eigenvalue weighted by atomic mass is 16.5. The number of imide groups is 1. The third kappa shape index (κ3) is 3.58. The first-order valence-corrected chi connectivity index (χ1v) is 8.68. The smallest absolute Gasteiger partial charge is 0.235 e. The van der Waals surface area contributed by atoms with Crippen LogP contribution < -0.4 is 4.74 Å². The Balaban J connectivity index is 1.57. The first-order chi connectivity index (χ1) is 11.9. The molecule has 0 aromatic heterocycles. The number of aliphatic hydroxyl groups excluding tert-OH is 1. The monoisotopic (exact) mass is 345 g/mol. The number of Topliss-reactive ketones (excluding diaryl/α,β-unsaturated/α-hetero) is 1. The zero-order valence-corrected chi connectivity index (χ0v) is 14.4. The van der Waals surface area contributed by atoms with Crippen molar-refractivity contribution < 1.29 is 24.2 Å². The number of nitrogens with zero attached hydrogens (tertiary/aromatic N) is 1. The first-order valence-electron chi connectivity index (χ1n) is 8.68. The van der Waals surface area contributed by atoms with Gasteiger partial charge in [0.1, 0.15) is 18.5 Å². The molecule has 1 atom stereocenters. The molecule has 134 valence electrons. The van der Waals surface area contributed by atoms with E-state index in [0.717, 1.165) is 25.7 Å². The van der Waals surface area contributed by atoms with Gasteiger partial charge >= 0.3 is 0 Å². The zero-order valence-electron chi connectivity index (χ0n) is 14.4. The maximum atomic E-state index is 12.6. The first kappa shape index (κ1) is 17.6. The summed E-state index contributed by atoms with van der Waals surface area (Å²) < 4.78 is 5.50. The van der Waals surface area contributed by atoms with E-state index >= 15 is 0 Å². The second-order valence-electron chi connectivity index (χ2n) is 7.02. The van der Waals surface area contributed by atoms with Gasteiger partial charge in [-0.3, -0.25) is 19.3 Å². The Hall–Kier alpha value is -2.21. The van der Waals surface area contributed by atoms with Crippen molar-refractivity contribution in [3.63, 3.8) is 0 Å². The maximum absolute atomic E-state index is 12.6. The minimum Gasteiger partial charge on any atom is -0.491 e. The molecule has 1 aromatic carbocycles. The molecular formula is C19H23NO5. The van der Waals surface area contributed by atoms with Gasteiger partial charge in [-0.15, -0.1) is 0 Å². The lowest BCUT2D eigenvalue weighted by Crippen LogP contribution is -2.41. The van der Waals surface area contributed by atoms with Crippen molar-refractivity contribution in [2.24, 2.45) is 5.41 Å². The van der Waals surface area contributed by atoms with Crippen LogP contribution in [0.15, 0.2) is 24.3 Å². The minimum atomic E-state index is -0.967. The van der Waals surface area contributed by atoms with E-state index in [2.05, 4.69) is 0 Å². The molecule has 1 aliphatic carbocycles. The molecular weight excluding hydrogens is 322 g/mol. The number of likely N-dealkylation sites (tertiary alicyclic amines) is 1. The van der Waals surface area contributed by atoms with Crippen molar-refractivity contribution in [3.8, 4) is 5.75 Å².